The number of rotatable bonds is 4. The number of hydrogen-bond acceptors (Lipinski definition) is 2. The molecule has 0 aliphatic heterocycles. The highest BCUT2D eigenvalue weighted by Crippen LogP contribution is 2.12. The van der Waals surface area contributed by atoms with Crippen molar-refractivity contribution in [1.29, 1.82) is 0 Å². The van der Waals surface area contributed by atoms with E-state index in [1.165, 1.54) is 24.3 Å². The molecular weight excluding hydrogens is 255 g/mol. The van der Waals surface area contributed by atoms with Gasteiger partial charge in [-0.1, -0.05) is 36.4 Å². The Kier molecular flexibility index (Phi) is 4.45. The lowest BCUT2D eigenvalue weighted by molar-refractivity contribution is -0.110. The van der Waals surface area contributed by atoms with Crippen LogP contribution in [0.4, 0.5) is 4.39 Å². The number of halogens is 1. The van der Waals surface area contributed by atoms with Crippen LogP contribution in [0.5, 0.6) is 5.75 Å². The van der Waals surface area contributed by atoms with E-state index in [-0.39, 0.29) is 17.3 Å². The van der Waals surface area contributed by atoms with E-state index in [1.54, 1.807) is 48.6 Å². The molecule has 0 saturated heterocycles. The highest BCUT2D eigenvalue weighted by Gasteiger charge is 1.94. The van der Waals surface area contributed by atoms with Gasteiger partial charge in [-0.2, -0.15) is 0 Å². The summed E-state index contributed by atoms with van der Waals surface area (Å²) in [6.07, 6.45) is 5.93. The van der Waals surface area contributed by atoms with E-state index in [0.29, 0.717) is 5.56 Å². The Hall–Kier alpha value is -2.68. The summed E-state index contributed by atoms with van der Waals surface area (Å²) in [5.41, 5.74) is 1.36. The standard InChI is InChI=1S/C17H13FO2/c18-15-5-1-3-13(11-15)7-9-16(19)10-8-14-4-2-6-17(20)12-14/h1-12,20H/b9-7+,10-8+. The molecule has 0 aromatic heterocycles. The van der Waals surface area contributed by atoms with Gasteiger partial charge in [0.05, 0.1) is 0 Å². The van der Waals surface area contributed by atoms with Crippen LogP contribution in [0, 0.1) is 5.82 Å². The van der Waals surface area contributed by atoms with Crippen molar-refractivity contribution in [2.75, 3.05) is 0 Å². The second kappa shape index (κ2) is 6.48. The van der Waals surface area contributed by atoms with Crippen LogP contribution < -0.4 is 0 Å². The number of allylic oxidation sites excluding steroid dienone is 2. The molecule has 0 atom stereocenters. The molecule has 0 unspecified atom stereocenters. The zero-order valence-corrected chi connectivity index (χ0v) is 10.7. The highest BCUT2D eigenvalue weighted by molar-refractivity contribution is 6.04. The van der Waals surface area contributed by atoms with Gasteiger partial charge in [0.2, 0.25) is 0 Å². The Labute approximate surface area is 116 Å². The number of carbonyl (C=O) groups excluding carboxylic acids is 1. The molecule has 2 nitrogen and oxygen atoms in total. The molecule has 0 radical (unpaired) electrons. The van der Waals surface area contributed by atoms with Crippen molar-refractivity contribution in [1.82, 2.24) is 0 Å². The molecule has 100 valence electrons. The van der Waals surface area contributed by atoms with Gasteiger partial charge in [-0.05, 0) is 47.5 Å². The Morgan fingerprint density at radius 2 is 1.55 bits per heavy atom. The molecule has 2 rings (SSSR count). The highest BCUT2D eigenvalue weighted by atomic mass is 19.1. The minimum atomic E-state index is -0.338. The summed E-state index contributed by atoms with van der Waals surface area (Å²) >= 11 is 0. The Morgan fingerprint density at radius 1 is 0.950 bits per heavy atom. The SMILES string of the molecule is O=C(/C=C/c1cccc(O)c1)/C=C/c1cccc(F)c1. The zero-order chi connectivity index (χ0) is 14.4. The average molecular weight is 268 g/mol. The third-order valence-corrected chi connectivity index (χ3v) is 2.60. The summed E-state index contributed by atoms with van der Waals surface area (Å²) in [7, 11) is 0. The monoisotopic (exact) mass is 268 g/mol. The number of carbonyl (C=O) groups is 1. The summed E-state index contributed by atoms with van der Waals surface area (Å²) in [5, 5.41) is 9.29. The molecule has 0 spiro atoms. The first kappa shape index (κ1) is 13.7. The smallest absolute Gasteiger partial charge is 0.178 e. The Balaban J connectivity index is 2.02. The second-order valence-electron chi connectivity index (χ2n) is 4.22. The molecule has 0 aliphatic carbocycles. The molecule has 0 bridgehead atoms. The van der Waals surface area contributed by atoms with E-state index < -0.39 is 0 Å². The molecular formula is C17H13FO2. The minimum Gasteiger partial charge on any atom is -0.508 e. The van der Waals surface area contributed by atoms with Crippen molar-refractivity contribution in [2.45, 2.75) is 0 Å². The van der Waals surface area contributed by atoms with Gasteiger partial charge in [0.15, 0.2) is 5.78 Å². The van der Waals surface area contributed by atoms with E-state index in [9.17, 15) is 14.3 Å². The van der Waals surface area contributed by atoms with Gasteiger partial charge in [0.25, 0.3) is 0 Å². The van der Waals surface area contributed by atoms with Crippen molar-refractivity contribution in [3.63, 3.8) is 0 Å². The minimum absolute atomic E-state index is 0.148. The van der Waals surface area contributed by atoms with Gasteiger partial charge in [0, 0.05) is 0 Å². The van der Waals surface area contributed by atoms with Crippen LogP contribution in [0.15, 0.2) is 60.7 Å². The number of aromatic hydroxyl groups is 1. The van der Waals surface area contributed by atoms with Gasteiger partial charge in [-0.15, -0.1) is 0 Å². The first-order chi connectivity index (χ1) is 9.63. The summed E-state index contributed by atoms with van der Waals surface area (Å²) in [6.45, 7) is 0. The fourth-order valence-electron chi connectivity index (χ4n) is 1.65. The van der Waals surface area contributed by atoms with E-state index >= 15 is 0 Å². The van der Waals surface area contributed by atoms with Gasteiger partial charge in [-0.3, -0.25) is 4.79 Å². The molecule has 2 aromatic rings. The topological polar surface area (TPSA) is 37.3 Å². The maximum atomic E-state index is 12.9. The number of phenolic OH excluding ortho intramolecular Hbond substituents is 1. The van der Waals surface area contributed by atoms with Gasteiger partial charge < -0.3 is 5.11 Å². The summed E-state index contributed by atoms with van der Waals surface area (Å²) in [6, 6.07) is 12.6. The van der Waals surface area contributed by atoms with E-state index in [0.717, 1.165) is 5.56 Å². The fourth-order valence-corrected chi connectivity index (χ4v) is 1.65. The Bertz CT molecular complexity index is 615. The van der Waals surface area contributed by atoms with Crippen LogP contribution in [-0.4, -0.2) is 10.9 Å². The first-order valence-electron chi connectivity index (χ1n) is 6.08. The lowest BCUT2D eigenvalue weighted by atomic mass is 10.1. The molecule has 0 saturated carbocycles. The van der Waals surface area contributed by atoms with Crippen LogP contribution in [0.3, 0.4) is 0 Å². The second-order valence-corrected chi connectivity index (χ2v) is 4.22. The van der Waals surface area contributed by atoms with Crippen molar-refractivity contribution in [3.05, 3.63) is 77.6 Å². The van der Waals surface area contributed by atoms with Crippen LogP contribution in [0.1, 0.15) is 11.1 Å². The number of phenols is 1. The lowest BCUT2D eigenvalue weighted by Crippen LogP contribution is -1.85. The third-order valence-electron chi connectivity index (χ3n) is 2.60. The maximum absolute atomic E-state index is 12.9. The summed E-state index contributed by atoms with van der Waals surface area (Å²) in [4.78, 5) is 11.6. The van der Waals surface area contributed by atoms with Crippen molar-refractivity contribution >= 4 is 17.9 Å². The van der Waals surface area contributed by atoms with Crippen molar-refractivity contribution in [3.8, 4) is 5.75 Å². The number of hydrogen-bond donors (Lipinski definition) is 1. The molecule has 0 fully saturated rings. The molecule has 3 heteroatoms. The lowest BCUT2D eigenvalue weighted by Gasteiger charge is -1.94. The summed E-state index contributed by atoms with van der Waals surface area (Å²) in [5.74, 6) is -0.401. The molecule has 0 heterocycles. The third kappa shape index (κ3) is 4.21. The molecule has 20 heavy (non-hydrogen) atoms. The predicted octanol–water partition coefficient (Wildman–Crippen LogP) is 3.83. The van der Waals surface area contributed by atoms with Crippen LogP contribution in [0.25, 0.3) is 12.2 Å². The zero-order valence-electron chi connectivity index (χ0n) is 10.7. The average Bonchev–Trinajstić information content (AvgIpc) is 2.43. The molecule has 0 amide bonds. The van der Waals surface area contributed by atoms with Crippen molar-refractivity contribution < 1.29 is 14.3 Å². The Morgan fingerprint density at radius 3 is 2.15 bits per heavy atom. The largest absolute Gasteiger partial charge is 0.508 e. The van der Waals surface area contributed by atoms with Crippen LogP contribution in [0.2, 0.25) is 0 Å². The maximum Gasteiger partial charge on any atom is 0.178 e. The van der Waals surface area contributed by atoms with Gasteiger partial charge in [0.1, 0.15) is 11.6 Å². The van der Waals surface area contributed by atoms with E-state index in [4.69, 9.17) is 0 Å². The van der Waals surface area contributed by atoms with E-state index in [1.807, 2.05) is 0 Å². The quantitative estimate of drug-likeness (QED) is 0.856. The van der Waals surface area contributed by atoms with Gasteiger partial charge >= 0.3 is 0 Å². The normalized spacial score (nSPS) is 11.2. The fraction of sp³-hybridized carbons (Fsp3) is 0. The van der Waals surface area contributed by atoms with Crippen LogP contribution >= 0.6 is 0 Å². The predicted molar refractivity (Wildman–Crippen MR) is 77.6 cm³/mol. The number of ketones is 1. The first-order valence-corrected chi connectivity index (χ1v) is 6.08. The van der Waals surface area contributed by atoms with Gasteiger partial charge in [-0.25, -0.2) is 4.39 Å². The van der Waals surface area contributed by atoms with Crippen LogP contribution in [-0.2, 0) is 4.79 Å². The number of benzene rings is 2. The van der Waals surface area contributed by atoms with E-state index in [2.05, 4.69) is 0 Å². The molecule has 2 aromatic carbocycles. The van der Waals surface area contributed by atoms with Crippen molar-refractivity contribution in [2.24, 2.45) is 0 Å². The molecule has 0 aliphatic rings. The summed E-state index contributed by atoms with van der Waals surface area (Å²) < 4.78 is 12.9. The molecule has 1 N–H and O–H groups in total.